The van der Waals surface area contributed by atoms with E-state index in [1.54, 1.807) is 36.4 Å². The van der Waals surface area contributed by atoms with Gasteiger partial charge in [0.05, 0.1) is 11.6 Å². The van der Waals surface area contributed by atoms with Crippen molar-refractivity contribution in [2.24, 2.45) is 5.92 Å². The van der Waals surface area contributed by atoms with E-state index in [0.717, 1.165) is 5.56 Å². The quantitative estimate of drug-likeness (QED) is 0.472. The Morgan fingerprint density at radius 3 is 2.47 bits per heavy atom. The molecule has 0 saturated heterocycles. The first-order valence-corrected chi connectivity index (χ1v) is 10.6. The Morgan fingerprint density at radius 1 is 1.15 bits per heavy atom. The second kappa shape index (κ2) is 9.46. The van der Waals surface area contributed by atoms with E-state index in [2.05, 4.69) is 9.89 Å². The number of alkyl halides is 2. The number of ether oxygens (including phenoxy) is 1. The minimum atomic E-state index is -3.11. The molecule has 34 heavy (non-hydrogen) atoms. The van der Waals surface area contributed by atoms with Crippen molar-refractivity contribution in [2.75, 3.05) is 4.90 Å². The number of anilines is 1. The molecule has 4 rings (SSSR count). The van der Waals surface area contributed by atoms with Crippen molar-refractivity contribution >= 4 is 17.4 Å². The van der Waals surface area contributed by atoms with Crippen LogP contribution in [0.1, 0.15) is 31.9 Å². The number of aliphatic hydroxyl groups excluding tert-OH is 1. The maximum Gasteiger partial charge on any atom is 0.387 e. The second-order valence-corrected chi connectivity index (χ2v) is 8.21. The minimum absolute atomic E-state index is 0.0492. The van der Waals surface area contributed by atoms with Gasteiger partial charge in [-0.2, -0.15) is 8.78 Å². The molecule has 7 nitrogen and oxygen atoms in total. The Bertz CT molecular complexity index is 1220. The number of aliphatic hydroxyl groups is 1. The molecule has 1 N–H and O–H groups in total. The number of nitrogens with zero attached hydrogens (tertiary/aromatic N) is 2. The molecule has 1 aliphatic heterocycles. The van der Waals surface area contributed by atoms with Crippen LogP contribution in [0.3, 0.4) is 0 Å². The van der Waals surface area contributed by atoms with E-state index in [1.165, 1.54) is 29.4 Å². The monoisotopic (exact) mass is 468 g/mol. The van der Waals surface area contributed by atoms with E-state index in [9.17, 15) is 23.5 Å². The van der Waals surface area contributed by atoms with Gasteiger partial charge < -0.3 is 14.4 Å². The van der Waals surface area contributed by atoms with Crippen LogP contribution in [0.4, 0.5) is 14.5 Å². The number of Topliss-reactive ketones (excluding diaryl/α,β-unsaturated/α-hetero) is 1. The molecule has 0 spiro atoms. The molecule has 0 fully saturated rings. The normalized spacial score (nSPS) is 16.1. The van der Waals surface area contributed by atoms with Crippen LogP contribution in [0, 0.1) is 5.92 Å². The molecule has 0 aliphatic carbocycles. The molecule has 1 amide bonds. The van der Waals surface area contributed by atoms with Gasteiger partial charge in [0, 0.05) is 29.3 Å². The summed E-state index contributed by atoms with van der Waals surface area (Å²) in [6.07, 6.45) is 1.50. The molecule has 1 atom stereocenters. The summed E-state index contributed by atoms with van der Waals surface area (Å²) >= 11 is 0. The fraction of sp³-hybridized carbons (Fsp3) is 0.240. The van der Waals surface area contributed by atoms with Crippen LogP contribution in [-0.4, -0.2) is 28.6 Å². The van der Waals surface area contributed by atoms with Gasteiger partial charge in [-0.1, -0.05) is 49.3 Å². The Balaban J connectivity index is 1.83. The molecule has 2 heterocycles. The number of hydrogen-bond acceptors (Lipinski definition) is 6. The SMILES string of the molecule is CC(C)CC(=O)C1=C(O)C(=O)N(c2ccc(-c3ccon3)cc2)C1c1ccccc1OC(F)F. The molecular weight excluding hydrogens is 446 g/mol. The number of hydrogen-bond donors (Lipinski definition) is 1. The van der Waals surface area contributed by atoms with Gasteiger partial charge in [-0.25, -0.2) is 0 Å². The molecule has 0 radical (unpaired) electrons. The summed E-state index contributed by atoms with van der Waals surface area (Å²) in [5.41, 5.74) is 1.67. The topological polar surface area (TPSA) is 92.9 Å². The van der Waals surface area contributed by atoms with Crippen LogP contribution in [-0.2, 0) is 9.59 Å². The Labute approximate surface area is 194 Å². The Kier molecular flexibility index (Phi) is 6.45. The van der Waals surface area contributed by atoms with Gasteiger partial charge in [0.25, 0.3) is 5.91 Å². The fourth-order valence-corrected chi connectivity index (χ4v) is 4.00. The van der Waals surface area contributed by atoms with Crippen LogP contribution in [0.5, 0.6) is 5.75 Å². The van der Waals surface area contributed by atoms with E-state index in [0.29, 0.717) is 11.4 Å². The van der Waals surface area contributed by atoms with Crippen LogP contribution in [0.25, 0.3) is 11.3 Å². The minimum Gasteiger partial charge on any atom is -0.503 e. The number of halogens is 2. The zero-order valence-electron chi connectivity index (χ0n) is 18.4. The number of amides is 1. The number of benzene rings is 2. The first-order valence-electron chi connectivity index (χ1n) is 10.6. The van der Waals surface area contributed by atoms with Gasteiger partial charge in [0.15, 0.2) is 11.5 Å². The average Bonchev–Trinajstić information content (AvgIpc) is 3.41. The maximum atomic E-state index is 13.2. The lowest BCUT2D eigenvalue weighted by atomic mass is 9.91. The number of ketones is 1. The molecule has 3 aromatic rings. The molecule has 1 unspecified atom stereocenters. The summed E-state index contributed by atoms with van der Waals surface area (Å²) in [6, 6.07) is 13.1. The zero-order chi connectivity index (χ0) is 24.4. The number of rotatable bonds is 8. The van der Waals surface area contributed by atoms with Crippen LogP contribution < -0.4 is 9.64 Å². The van der Waals surface area contributed by atoms with E-state index in [1.807, 2.05) is 13.8 Å². The van der Waals surface area contributed by atoms with Gasteiger partial charge >= 0.3 is 6.61 Å². The van der Waals surface area contributed by atoms with Gasteiger partial charge in [-0.15, -0.1) is 0 Å². The molecule has 1 aromatic heterocycles. The molecular formula is C25H22F2N2O5. The highest BCUT2D eigenvalue weighted by Gasteiger charge is 2.45. The molecule has 0 saturated carbocycles. The summed E-state index contributed by atoms with van der Waals surface area (Å²) in [6.45, 7) is 0.547. The van der Waals surface area contributed by atoms with Crippen molar-refractivity contribution in [2.45, 2.75) is 32.9 Å². The number of para-hydroxylation sites is 1. The van der Waals surface area contributed by atoms with Crippen molar-refractivity contribution in [1.29, 1.82) is 0 Å². The van der Waals surface area contributed by atoms with Gasteiger partial charge in [0.1, 0.15) is 17.7 Å². The highest BCUT2D eigenvalue weighted by atomic mass is 19.3. The molecule has 2 aromatic carbocycles. The predicted octanol–water partition coefficient (Wildman–Crippen LogP) is 5.46. The van der Waals surface area contributed by atoms with Gasteiger partial charge in [-0.3, -0.25) is 14.5 Å². The first kappa shape index (κ1) is 23.2. The maximum absolute atomic E-state index is 13.2. The second-order valence-electron chi connectivity index (χ2n) is 8.21. The summed E-state index contributed by atoms with van der Waals surface area (Å²) in [7, 11) is 0. The summed E-state index contributed by atoms with van der Waals surface area (Å²) in [5.74, 6) is -2.20. The molecule has 9 heteroatoms. The summed E-state index contributed by atoms with van der Waals surface area (Å²) in [4.78, 5) is 27.5. The lowest BCUT2D eigenvalue weighted by Gasteiger charge is -2.28. The third kappa shape index (κ3) is 4.41. The third-order valence-electron chi connectivity index (χ3n) is 5.41. The van der Waals surface area contributed by atoms with E-state index >= 15 is 0 Å². The molecule has 176 valence electrons. The van der Waals surface area contributed by atoms with Crippen LogP contribution in [0.2, 0.25) is 0 Å². The van der Waals surface area contributed by atoms with Crippen molar-refractivity contribution in [3.05, 3.63) is 77.8 Å². The lowest BCUT2D eigenvalue weighted by Crippen LogP contribution is -2.31. The molecule has 1 aliphatic rings. The fourth-order valence-electron chi connectivity index (χ4n) is 4.00. The predicted molar refractivity (Wildman–Crippen MR) is 119 cm³/mol. The largest absolute Gasteiger partial charge is 0.503 e. The third-order valence-corrected chi connectivity index (χ3v) is 5.41. The van der Waals surface area contributed by atoms with Crippen LogP contribution in [0.15, 0.2) is 76.7 Å². The standard InChI is InChI=1S/C25H22F2N2O5/c1-14(2)13-19(30)21-22(17-5-3-4-6-20(17)34-25(26)27)29(24(32)23(21)31)16-9-7-15(8-10-16)18-11-12-33-28-18/h3-12,14,22,25,31H,13H2,1-2H3. The van der Waals surface area contributed by atoms with Crippen molar-refractivity contribution < 1.29 is 32.7 Å². The number of carbonyl (C=O) groups is 2. The van der Waals surface area contributed by atoms with Crippen molar-refractivity contribution in [3.8, 4) is 17.0 Å². The average molecular weight is 468 g/mol. The van der Waals surface area contributed by atoms with Gasteiger partial charge in [0.2, 0.25) is 0 Å². The van der Waals surface area contributed by atoms with E-state index in [-0.39, 0.29) is 29.2 Å². The van der Waals surface area contributed by atoms with Crippen LogP contribution >= 0.6 is 0 Å². The highest BCUT2D eigenvalue weighted by Crippen LogP contribution is 2.45. The smallest absolute Gasteiger partial charge is 0.387 e. The van der Waals surface area contributed by atoms with Gasteiger partial charge in [-0.05, 0) is 24.1 Å². The Morgan fingerprint density at radius 2 is 1.85 bits per heavy atom. The summed E-state index contributed by atoms with van der Waals surface area (Å²) in [5, 5.41) is 14.6. The zero-order valence-corrected chi connectivity index (χ0v) is 18.4. The van der Waals surface area contributed by atoms with Crippen molar-refractivity contribution in [1.82, 2.24) is 5.16 Å². The van der Waals surface area contributed by atoms with E-state index < -0.39 is 30.1 Å². The Hall–Kier alpha value is -4.01. The van der Waals surface area contributed by atoms with Crippen molar-refractivity contribution in [3.63, 3.8) is 0 Å². The molecule has 0 bridgehead atoms. The first-order chi connectivity index (χ1) is 16.3. The van der Waals surface area contributed by atoms with E-state index in [4.69, 9.17) is 4.52 Å². The highest BCUT2D eigenvalue weighted by molar-refractivity contribution is 6.16. The number of aromatic nitrogens is 1. The lowest BCUT2D eigenvalue weighted by molar-refractivity contribution is -0.118. The summed E-state index contributed by atoms with van der Waals surface area (Å²) < 4.78 is 35.8. The number of carbonyl (C=O) groups excluding carboxylic acids is 2.